The lowest BCUT2D eigenvalue weighted by molar-refractivity contribution is -0.116. The molecule has 1 aromatic heterocycles. The summed E-state index contributed by atoms with van der Waals surface area (Å²) in [6, 6.07) is 8.31. The van der Waals surface area contributed by atoms with Crippen molar-refractivity contribution in [2.24, 2.45) is 0 Å². The molecule has 0 atom stereocenters. The molecule has 3 rings (SSSR count). The maximum absolute atomic E-state index is 13.4. The van der Waals surface area contributed by atoms with E-state index < -0.39 is 0 Å². The normalized spacial score (nSPS) is 11.7. The fraction of sp³-hybridized carbons (Fsp3) is 0.320. The smallest absolute Gasteiger partial charge is 0.244 e. The zero-order valence-corrected chi connectivity index (χ0v) is 18.0. The summed E-state index contributed by atoms with van der Waals surface area (Å²) in [4.78, 5) is 12.3. The van der Waals surface area contributed by atoms with Crippen molar-refractivity contribution in [2.45, 2.75) is 40.5 Å². The Kier molecular flexibility index (Phi) is 6.93. The van der Waals surface area contributed by atoms with Crippen molar-refractivity contribution in [3.63, 3.8) is 0 Å². The van der Waals surface area contributed by atoms with Gasteiger partial charge in [-0.05, 0) is 56.5 Å². The number of allylic oxidation sites excluding steroid dienone is 1. The number of aryl methyl sites for hydroxylation is 1. The van der Waals surface area contributed by atoms with Crippen molar-refractivity contribution < 1.29 is 18.3 Å². The van der Waals surface area contributed by atoms with Crippen molar-refractivity contribution >= 4 is 22.4 Å². The summed E-state index contributed by atoms with van der Waals surface area (Å²) in [5, 5.41) is 3.81. The number of fused-ring (bicyclic) bond motifs is 1. The van der Waals surface area contributed by atoms with Gasteiger partial charge in [-0.15, -0.1) is 0 Å². The van der Waals surface area contributed by atoms with Gasteiger partial charge in [-0.3, -0.25) is 4.79 Å². The van der Waals surface area contributed by atoms with Crippen molar-refractivity contribution in [3.05, 3.63) is 59.6 Å². The maximum Gasteiger partial charge on any atom is 0.244 e. The van der Waals surface area contributed by atoms with Crippen molar-refractivity contribution in [3.8, 4) is 16.9 Å². The summed E-state index contributed by atoms with van der Waals surface area (Å²) in [6.07, 6.45) is 5.27. The van der Waals surface area contributed by atoms with E-state index in [1.54, 1.807) is 24.5 Å². The Balaban J connectivity index is 2.09. The largest absolute Gasteiger partial charge is 0.493 e. The van der Waals surface area contributed by atoms with Crippen molar-refractivity contribution in [2.75, 3.05) is 13.2 Å². The number of amides is 1. The first kappa shape index (κ1) is 21.6. The van der Waals surface area contributed by atoms with Crippen LogP contribution in [0.1, 0.15) is 44.7 Å². The lowest BCUT2D eigenvalue weighted by atomic mass is 9.96. The summed E-state index contributed by atoms with van der Waals surface area (Å²) < 4.78 is 25.1. The minimum Gasteiger partial charge on any atom is -0.493 e. The third kappa shape index (κ3) is 4.56. The van der Waals surface area contributed by atoms with Gasteiger partial charge < -0.3 is 14.5 Å². The number of unbranched alkanes of at least 4 members (excludes halogenated alkanes) is 1. The molecule has 1 N–H and O–H groups in total. The quantitative estimate of drug-likeness (QED) is 0.353. The van der Waals surface area contributed by atoms with Crippen LogP contribution >= 0.6 is 0 Å². The third-order valence-corrected chi connectivity index (χ3v) is 5.09. The van der Waals surface area contributed by atoms with Crippen LogP contribution in [0.3, 0.4) is 0 Å². The molecule has 0 aliphatic rings. The molecule has 0 saturated heterocycles. The minimum atomic E-state index is -0.282. The van der Waals surface area contributed by atoms with Crippen LogP contribution in [0.25, 0.3) is 27.7 Å². The third-order valence-electron chi connectivity index (χ3n) is 5.09. The summed E-state index contributed by atoms with van der Waals surface area (Å²) in [7, 11) is 0. The van der Waals surface area contributed by atoms with E-state index in [9.17, 15) is 9.18 Å². The van der Waals surface area contributed by atoms with Crippen LogP contribution < -0.4 is 10.1 Å². The van der Waals surface area contributed by atoms with Crippen LogP contribution in [0.4, 0.5) is 4.39 Å². The van der Waals surface area contributed by atoms with E-state index in [-0.39, 0.29) is 11.7 Å². The summed E-state index contributed by atoms with van der Waals surface area (Å²) in [5.41, 5.74) is 4.99. The maximum atomic E-state index is 13.4. The molecule has 30 heavy (non-hydrogen) atoms. The number of halogens is 1. The number of carbonyl (C=O) groups excluding carboxylic acids is 1. The molecule has 1 amide bonds. The van der Waals surface area contributed by atoms with Crippen LogP contribution in [-0.2, 0) is 4.79 Å². The molecule has 3 aromatic rings. The molecule has 0 fully saturated rings. The molecule has 0 bridgehead atoms. The van der Waals surface area contributed by atoms with Gasteiger partial charge in [0.05, 0.1) is 12.9 Å². The number of furan rings is 1. The van der Waals surface area contributed by atoms with Gasteiger partial charge in [0, 0.05) is 34.7 Å². The van der Waals surface area contributed by atoms with Crippen molar-refractivity contribution in [1.29, 1.82) is 0 Å². The second-order valence-electron chi connectivity index (χ2n) is 7.32. The Morgan fingerprint density at radius 3 is 2.63 bits per heavy atom. The zero-order chi connectivity index (χ0) is 21.7. The summed E-state index contributed by atoms with van der Waals surface area (Å²) in [6.45, 7) is 9.02. The monoisotopic (exact) mass is 409 g/mol. The standard InChI is InChI=1S/C25H28FNO3/c1-5-7-12-27-23(28)13-16(3)20-14-21-22(18-8-10-19(26)11-9-18)15-30-25(21)17(4)24(20)29-6-2/h8-11,13-15H,5-7,12H2,1-4H3,(H,27,28)/b16-13+. The lowest BCUT2D eigenvalue weighted by Crippen LogP contribution is -2.22. The van der Waals surface area contributed by atoms with Crippen LogP contribution in [0, 0.1) is 12.7 Å². The lowest BCUT2D eigenvalue weighted by Gasteiger charge is -2.15. The molecule has 1 heterocycles. The number of hydrogen-bond donors (Lipinski definition) is 1. The molecule has 0 saturated carbocycles. The highest BCUT2D eigenvalue weighted by molar-refractivity contribution is 6.01. The Hall–Kier alpha value is -3.08. The van der Waals surface area contributed by atoms with Gasteiger partial charge in [0.1, 0.15) is 17.1 Å². The van der Waals surface area contributed by atoms with E-state index in [0.29, 0.717) is 18.9 Å². The molecule has 0 aliphatic carbocycles. The van der Waals surface area contributed by atoms with Gasteiger partial charge in [-0.25, -0.2) is 4.39 Å². The van der Waals surface area contributed by atoms with E-state index in [2.05, 4.69) is 12.2 Å². The molecule has 5 heteroatoms. The molecular formula is C25H28FNO3. The van der Waals surface area contributed by atoms with Gasteiger partial charge in [0.25, 0.3) is 0 Å². The highest BCUT2D eigenvalue weighted by Gasteiger charge is 2.19. The molecule has 0 spiro atoms. The number of rotatable bonds is 8. The number of carbonyl (C=O) groups is 1. The zero-order valence-electron chi connectivity index (χ0n) is 18.0. The van der Waals surface area contributed by atoms with Gasteiger partial charge in [-0.1, -0.05) is 25.5 Å². The average molecular weight is 410 g/mol. The van der Waals surface area contributed by atoms with Crippen molar-refractivity contribution in [1.82, 2.24) is 5.32 Å². The average Bonchev–Trinajstić information content (AvgIpc) is 3.15. The molecular weight excluding hydrogens is 381 g/mol. The van der Waals surface area contributed by atoms with E-state index >= 15 is 0 Å². The van der Waals surface area contributed by atoms with E-state index in [0.717, 1.165) is 51.6 Å². The molecule has 4 nitrogen and oxygen atoms in total. The van der Waals surface area contributed by atoms with Crippen LogP contribution in [0.5, 0.6) is 5.75 Å². The molecule has 158 valence electrons. The first-order valence-corrected chi connectivity index (χ1v) is 10.4. The fourth-order valence-electron chi connectivity index (χ4n) is 3.51. The predicted molar refractivity (Wildman–Crippen MR) is 119 cm³/mol. The molecule has 0 aliphatic heterocycles. The summed E-state index contributed by atoms with van der Waals surface area (Å²) >= 11 is 0. The van der Waals surface area contributed by atoms with Gasteiger partial charge in [0.2, 0.25) is 5.91 Å². The highest BCUT2D eigenvalue weighted by Crippen LogP contribution is 2.40. The van der Waals surface area contributed by atoms with E-state index in [1.165, 1.54) is 12.1 Å². The van der Waals surface area contributed by atoms with E-state index in [1.807, 2.05) is 26.8 Å². The number of benzene rings is 2. The SMILES string of the molecule is CCCCNC(=O)/C=C(\C)c1cc2c(-c3ccc(F)cc3)coc2c(C)c1OCC. The first-order chi connectivity index (χ1) is 14.5. The topological polar surface area (TPSA) is 51.5 Å². The minimum absolute atomic E-state index is 0.118. The molecule has 2 aromatic carbocycles. The van der Waals surface area contributed by atoms with Crippen LogP contribution in [0.15, 0.2) is 47.1 Å². The van der Waals surface area contributed by atoms with Gasteiger partial charge >= 0.3 is 0 Å². The van der Waals surface area contributed by atoms with E-state index in [4.69, 9.17) is 9.15 Å². The number of hydrogen-bond acceptors (Lipinski definition) is 3. The Bertz CT molecular complexity index is 1060. The second-order valence-corrected chi connectivity index (χ2v) is 7.32. The Morgan fingerprint density at radius 2 is 1.97 bits per heavy atom. The van der Waals surface area contributed by atoms with Gasteiger partial charge in [-0.2, -0.15) is 0 Å². The number of nitrogens with one attached hydrogen (secondary N) is 1. The highest BCUT2D eigenvalue weighted by atomic mass is 19.1. The van der Waals surface area contributed by atoms with Crippen LogP contribution in [0.2, 0.25) is 0 Å². The first-order valence-electron chi connectivity index (χ1n) is 10.4. The Morgan fingerprint density at radius 1 is 1.23 bits per heavy atom. The fourth-order valence-corrected chi connectivity index (χ4v) is 3.51. The number of ether oxygens (including phenoxy) is 1. The van der Waals surface area contributed by atoms with Gasteiger partial charge in [0.15, 0.2) is 0 Å². The molecule has 0 radical (unpaired) electrons. The predicted octanol–water partition coefficient (Wildman–Crippen LogP) is 6.27. The summed E-state index contributed by atoms with van der Waals surface area (Å²) in [5.74, 6) is 0.308. The van der Waals surface area contributed by atoms with Crippen LogP contribution in [-0.4, -0.2) is 19.1 Å². The second kappa shape index (κ2) is 9.61. The molecule has 0 unspecified atom stereocenters. The Labute approximate surface area is 176 Å².